The van der Waals surface area contributed by atoms with Crippen molar-refractivity contribution in [1.82, 2.24) is 0 Å². The quantitative estimate of drug-likeness (QED) is 0.581. The Morgan fingerprint density at radius 3 is 2.52 bits per heavy atom. The molecule has 2 rings (SSSR count). The van der Waals surface area contributed by atoms with Crippen LogP contribution in [0.3, 0.4) is 0 Å². The Balaban J connectivity index is 0.00000220. The van der Waals surface area contributed by atoms with Crippen LogP contribution in [0, 0.1) is 5.82 Å². The largest absolute Gasteiger partial charge is 1.00 e. The number of rotatable bonds is 4. The second-order valence-electron chi connectivity index (χ2n) is 5.61. The standard InChI is InChI=1S/C13H16BF4O2.K/c1-13(2)6-5-10(20-13)8-19-12-4-3-9(15)7-11(12)14(16,17)18;/h3-4,7,10H,5-6,8H2,1-2H3;/q-1;+1. The first-order valence-corrected chi connectivity index (χ1v) is 6.47. The van der Waals surface area contributed by atoms with Gasteiger partial charge in [-0.15, -0.1) is 0 Å². The van der Waals surface area contributed by atoms with E-state index in [1.165, 1.54) is 0 Å². The van der Waals surface area contributed by atoms with E-state index in [-0.39, 0.29) is 75.4 Å². The molecule has 1 aromatic rings. The smallest absolute Gasteiger partial charge is 0.494 e. The molecule has 1 aliphatic rings. The molecule has 0 amide bonds. The minimum absolute atomic E-state index is 0. The van der Waals surface area contributed by atoms with Crippen LogP contribution in [0.5, 0.6) is 5.75 Å². The molecule has 1 aromatic carbocycles. The van der Waals surface area contributed by atoms with Crippen molar-refractivity contribution in [3.63, 3.8) is 0 Å². The molecule has 0 radical (unpaired) electrons. The fourth-order valence-corrected chi connectivity index (χ4v) is 2.28. The van der Waals surface area contributed by atoms with Gasteiger partial charge in [0.1, 0.15) is 12.4 Å². The van der Waals surface area contributed by atoms with Gasteiger partial charge in [-0.25, -0.2) is 4.39 Å². The van der Waals surface area contributed by atoms with E-state index in [0.717, 1.165) is 25.0 Å². The van der Waals surface area contributed by atoms with Crippen LogP contribution in [0.2, 0.25) is 0 Å². The Morgan fingerprint density at radius 1 is 1.33 bits per heavy atom. The summed E-state index contributed by atoms with van der Waals surface area (Å²) in [4.78, 5) is 0. The molecule has 0 spiro atoms. The van der Waals surface area contributed by atoms with Crippen LogP contribution in [0.15, 0.2) is 18.2 Å². The molecule has 0 saturated carbocycles. The summed E-state index contributed by atoms with van der Waals surface area (Å²) in [7, 11) is 0. The van der Waals surface area contributed by atoms with Crippen molar-refractivity contribution in [2.24, 2.45) is 0 Å². The summed E-state index contributed by atoms with van der Waals surface area (Å²) < 4.78 is 62.3. The summed E-state index contributed by atoms with van der Waals surface area (Å²) in [6.45, 7) is -1.42. The molecular weight excluding hydrogens is 314 g/mol. The van der Waals surface area contributed by atoms with Gasteiger partial charge in [0, 0.05) is 0 Å². The Labute approximate surface area is 164 Å². The Morgan fingerprint density at radius 2 is 2.00 bits per heavy atom. The molecule has 0 N–H and O–H groups in total. The van der Waals surface area contributed by atoms with E-state index < -0.39 is 18.3 Å². The molecule has 1 aliphatic heterocycles. The van der Waals surface area contributed by atoms with Gasteiger partial charge in [-0.05, 0) is 44.9 Å². The number of benzene rings is 1. The summed E-state index contributed by atoms with van der Waals surface area (Å²) in [6.07, 6.45) is 1.34. The van der Waals surface area contributed by atoms with Crippen LogP contribution in [0.1, 0.15) is 26.7 Å². The van der Waals surface area contributed by atoms with E-state index in [1.807, 2.05) is 13.8 Å². The number of hydrogen-bond donors (Lipinski definition) is 0. The molecular formula is C13H16BF4KO2. The Hall–Kier alpha value is 0.401. The SMILES string of the molecule is CC1(C)CCC(COc2ccc(F)cc2[B-](F)(F)F)O1.[K+]. The molecule has 112 valence electrons. The summed E-state index contributed by atoms with van der Waals surface area (Å²) >= 11 is 0. The first-order valence-electron chi connectivity index (χ1n) is 6.47. The van der Waals surface area contributed by atoms with Crippen molar-refractivity contribution >= 4 is 12.4 Å². The molecule has 8 heteroatoms. The maximum atomic E-state index is 13.0. The molecule has 2 nitrogen and oxygen atoms in total. The molecule has 1 heterocycles. The normalized spacial score (nSPS) is 21.0. The van der Waals surface area contributed by atoms with Gasteiger partial charge in [0.2, 0.25) is 0 Å². The zero-order valence-corrected chi connectivity index (χ0v) is 15.5. The van der Waals surface area contributed by atoms with Gasteiger partial charge in [-0.2, -0.15) is 0 Å². The summed E-state index contributed by atoms with van der Waals surface area (Å²) in [5, 5.41) is 0. The molecule has 0 bridgehead atoms. The first-order chi connectivity index (χ1) is 9.17. The third-order valence-electron chi connectivity index (χ3n) is 3.30. The van der Waals surface area contributed by atoms with E-state index in [9.17, 15) is 17.3 Å². The van der Waals surface area contributed by atoms with Gasteiger partial charge in [0.25, 0.3) is 0 Å². The van der Waals surface area contributed by atoms with Gasteiger partial charge in [0.05, 0.1) is 17.5 Å². The average Bonchev–Trinajstić information content (AvgIpc) is 2.66. The molecule has 1 saturated heterocycles. The maximum Gasteiger partial charge on any atom is 1.00 e. The predicted octanol–water partition coefficient (Wildman–Crippen LogP) is 0.220. The van der Waals surface area contributed by atoms with E-state index in [1.54, 1.807) is 0 Å². The monoisotopic (exact) mass is 330 g/mol. The molecule has 1 atom stereocenters. The minimum atomic E-state index is -5.31. The third-order valence-corrected chi connectivity index (χ3v) is 3.30. The number of ether oxygens (including phenoxy) is 2. The first kappa shape index (κ1) is 19.4. The van der Waals surface area contributed by atoms with E-state index in [4.69, 9.17) is 9.47 Å². The zero-order valence-electron chi connectivity index (χ0n) is 12.3. The summed E-state index contributed by atoms with van der Waals surface area (Å²) in [5.74, 6) is -1.27. The maximum absolute atomic E-state index is 13.0. The third kappa shape index (κ3) is 5.51. The summed E-state index contributed by atoms with van der Waals surface area (Å²) in [6, 6.07) is 2.44. The van der Waals surface area contributed by atoms with Crippen molar-refractivity contribution in [2.45, 2.75) is 38.4 Å². The van der Waals surface area contributed by atoms with Crippen LogP contribution < -0.4 is 61.6 Å². The second-order valence-corrected chi connectivity index (χ2v) is 5.61. The van der Waals surface area contributed by atoms with Gasteiger partial charge in [-0.3, -0.25) is 0 Å². The summed E-state index contributed by atoms with van der Waals surface area (Å²) in [5.41, 5.74) is -1.31. The molecule has 0 aromatic heterocycles. The molecule has 1 unspecified atom stereocenters. The van der Waals surface area contributed by atoms with Gasteiger partial charge in [-0.1, -0.05) is 5.46 Å². The number of halogens is 4. The van der Waals surface area contributed by atoms with Crippen molar-refractivity contribution in [3.05, 3.63) is 24.0 Å². The molecule has 21 heavy (non-hydrogen) atoms. The topological polar surface area (TPSA) is 18.5 Å². The van der Waals surface area contributed by atoms with Crippen LogP contribution in [-0.2, 0) is 4.74 Å². The van der Waals surface area contributed by atoms with Crippen LogP contribution in [0.4, 0.5) is 17.3 Å². The van der Waals surface area contributed by atoms with Crippen molar-refractivity contribution in [3.8, 4) is 5.75 Å². The van der Waals surface area contributed by atoms with E-state index >= 15 is 0 Å². The minimum Gasteiger partial charge on any atom is -0.494 e. The molecule has 1 fully saturated rings. The van der Waals surface area contributed by atoms with Crippen molar-refractivity contribution in [1.29, 1.82) is 0 Å². The van der Waals surface area contributed by atoms with Crippen molar-refractivity contribution < 1.29 is 78.2 Å². The van der Waals surface area contributed by atoms with Crippen LogP contribution in [-0.4, -0.2) is 25.3 Å². The Bertz CT molecular complexity index is 494. The fraction of sp³-hybridized carbons (Fsp3) is 0.538. The zero-order chi connectivity index (χ0) is 15.0. The second kappa shape index (κ2) is 7.31. The van der Waals surface area contributed by atoms with Crippen molar-refractivity contribution in [2.75, 3.05) is 6.61 Å². The van der Waals surface area contributed by atoms with Crippen LogP contribution >= 0.6 is 0 Å². The van der Waals surface area contributed by atoms with Gasteiger partial charge < -0.3 is 22.4 Å². The van der Waals surface area contributed by atoms with Gasteiger partial charge in [0.15, 0.2) is 0 Å². The van der Waals surface area contributed by atoms with Gasteiger partial charge >= 0.3 is 58.4 Å². The Kier molecular flexibility index (Phi) is 6.77. The molecule has 0 aliphatic carbocycles. The fourth-order valence-electron chi connectivity index (χ4n) is 2.28. The predicted molar refractivity (Wildman–Crippen MR) is 68.8 cm³/mol. The van der Waals surface area contributed by atoms with E-state index in [0.29, 0.717) is 6.07 Å². The van der Waals surface area contributed by atoms with E-state index in [2.05, 4.69) is 0 Å². The number of hydrogen-bond acceptors (Lipinski definition) is 2. The average molecular weight is 330 g/mol. The van der Waals surface area contributed by atoms with Crippen LogP contribution in [0.25, 0.3) is 0 Å².